The summed E-state index contributed by atoms with van der Waals surface area (Å²) in [5, 5.41) is 0.264. The molecule has 0 radical (unpaired) electrons. The van der Waals surface area contributed by atoms with Gasteiger partial charge in [0.2, 0.25) is 0 Å². The number of aliphatic imine (C=N–C) groups is 1. The molecule has 0 amide bonds. The number of halogens is 1. The number of hydrogen-bond acceptors (Lipinski definition) is 1. The molecule has 3 atom stereocenters. The van der Waals surface area contributed by atoms with E-state index in [-0.39, 0.29) is 5.38 Å². The van der Waals surface area contributed by atoms with Gasteiger partial charge in [-0.2, -0.15) is 0 Å². The number of allylic oxidation sites excluding steroid dienone is 1. The number of alkyl halides is 1. The Labute approximate surface area is 91.3 Å². The quantitative estimate of drug-likeness (QED) is 0.465. The fourth-order valence-corrected chi connectivity index (χ4v) is 2.63. The molecule has 78 valence electrons. The van der Waals surface area contributed by atoms with Gasteiger partial charge in [-0.3, -0.25) is 4.99 Å². The minimum atomic E-state index is 0.264. The first kappa shape index (κ1) is 10.2. The van der Waals surface area contributed by atoms with Gasteiger partial charge in [0.05, 0.1) is 11.4 Å². The Morgan fingerprint density at radius 1 is 1.29 bits per heavy atom. The maximum absolute atomic E-state index is 6.03. The van der Waals surface area contributed by atoms with E-state index in [9.17, 15) is 0 Å². The summed E-state index contributed by atoms with van der Waals surface area (Å²) in [6.45, 7) is 2.16. The lowest BCUT2D eigenvalue weighted by Gasteiger charge is -2.28. The van der Waals surface area contributed by atoms with Crippen LogP contribution in [0.3, 0.4) is 0 Å². The van der Waals surface area contributed by atoms with Crippen molar-refractivity contribution in [3.8, 4) is 0 Å². The molecule has 0 saturated carbocycles. The van der Waals surface area contributed by atoms with Crippen molar-refractivity contribution >= 4 is 17.3 Å². The van der Waals surface area contributed by atoms with Crippen molar-refractivity contribution in [1.29, 1.82) is 0 Å². The van der Waals surface area contributed by atoms with Crippen molar-refractivity contribution < 1.29 is 0 Å². The molecule has 1 nitrogen and oxygen atoms in total. The highest BCUT2D eigenvalue weighted by Crippen LogP contribution is 2.29. The standard InChI is InChI=1S/C12H18ClN/c1-9-3-2-4-12(14-9)10-5-7-11(13)8-6-10/h5,7,10-12H,2-4,6,8H2,1H3. The third kappa shape index (κ3) is 2.38. The highest BCUT2D eigenvalue weighted by Gasteiger charge is 2.24. The van der Waals surface area contributed by atoms with E-state index in [1.165, 1.54) is 31.4 Å². The zero-order chi connectivity index (χ0) is 9.97. The van der Waals surface area contributed by atoms with Crippen molar-refractivity contribution in [2.75, 3.05) is 0 Å². The molecule has 3 unspecified atom stereocenters. The minimum Gasteiger partial charge on any atom is -0.290 e. The highest BCUT2D eigenvalue weighted by atomic mass is 35.5. The fraction of sp³-hybridized carbons (Fsp3) is 0.750. The first-order chi connectivity index (χ1) is 6.75. The summed E-state index contributed by atoms with van der Waals surface area (Å²) in [5.41, 5.74) is 1.34. The lowest BCUT2D eigenvalue weighted by atomic mass is 9.85. The molecule has 0 saturated heterocycles. The van der Waals surface area contributed by atoms with Crippen LogP contribution in [0.1, 0.15) is 39.0 Å². The van der Waals surface area contributed by atoms with Crippen LogP contribution >= 0.6 is 11.6 Å². The number of hydrogen-bond donors (Lipinski definition) is 0. The molecule has 14 heavy (non-hydrogen) atoms. The molecule has 1 aliphatic heterocycles. The van der Waals surface area contributed by atoms with Crippen LogP contribution in [-0.2, 0) is 0 Å². The van der Waals surface area contributed by atoms with E-state index in [2.05, 4.69) is 19.1 Å². The van der Waals surface area contributed by atoms with Gasteiger partial charge in [-0.25, -0.2) is 0 Å². The van der Waals surface area contributed by atoms with Gasteiger partial charge in [0.1, 0.15) is 0 Å². The molecule has 2 aliphatic rings. The maximum Gasteiger partial charge on any atom is 0.0561 e. The molecule has 0 aromatic carbocycles. The van der Waals surface area contributed by atoms with Gasteiger partial charge in [-0.05, 0) is 44.9 Å². The van der Waals surface area contributed by atoms with E-state index in [1.807, 2.05) is 0 Å². The van der Waals surface area contributed by atoms with E-state index >= 15 is 0 Å². The molecule has 0 aromatic rings. The van der Waals surface area contributed by atoms with Crippen LogP contribution in [0.15, 0.2) is 17.1 Å². The van der Waals surface area contributed by atoms with Crippen molar-refractivity contribution in [1.82, 2.24) is 0 Å². The zero-order valence-corrected chi connectivity index (χ0v) is 9.50. The molecule has 2 heteroatoms. The summed E-state index contributed by atoms with van der Waals surface area (Å²) >= 11 is 6.03. The van der Waals surface area contributed by atoms with Gasteiger partial charge in [-0.1, -0.05) is 12.2 Å². The van der Waals surface area contributed by atoms with E-state index in [0.29, 0.717) is 12.0 Å². The van der Waals surface area contributed by atoms with Crippen LogP contribution in [-0.4, -0.2) is 17.1 Å². The van der Waals surface area contributed by atoms with Gasteiger partial charge in [0, 0.05) is 5.71 Å². The van der Waals surface area contributed by atoms with E-state index in [1.54, 1.807) is 0 Å². The Bertz CT molecular complexity index is 257. The molecule has 0 aromatic heterocycles. The molecular weight excluding hydrogens is 194 g/mol. The number of rotatable bonds is 1. The van der Waals surface area contributed by atoms with Crippen LogP contribution in [0.4, 0.5) is 0 Å². The molecule has 2 rings (SSSR count). The Hall–Kier alpha value is -0.300. The fourth-order valence-electron chi connectivity index (χ4n) is 2.42. The second-order valence-electron chi connectivity index (χ2n) is 4.47. The molecule has 0 fully saturated rings. The number of nitrogens with zero attached hydrogens (tertiary/aromatic N) is 1. The zero-order valence-electron chi connectivity index (χ0n) is 8.75. The predicted octanol–water partition coefficient (Wildman–Crippen LogP) is 3.57. The normalized spacial score (nSPS) is 38.1. The van der Waals surface area contributed by atoms with Gasteiger partial charge in [0.15, 0.2) is 0 Å². The second-order valence-corrected chi connectivity index (χ2v) is 5.03. The largest absolute Gasteiger partial charge is 0.290 e. The summed E-state index contributed by atoms with van der Waals surface area (Å²) in [7, 11) is 0. The summed E-state index contributed by atoms with van der Waals surface area (Å²) in [5.74, 6) is 0.653. The highest BCUT2D eigenvalue weighted by molar-refractivity contribution is 6.21. The average Bonchev–Trinajstić information content (AvgIpc) is 2.19. The Balaban J connectivity index is 2.01. The Morgan fingerprint density at radius 3 is 2.79 bits per heavy atom. The summed E-state index contributed by atoms with van der Waals surface area (Å²) < 4.78 is 0. The smallest absolute Gasteiger partial charge is 0.0561 e. The van der Waals surface area contributed by atoms with Crippen molar-refractivity contribution in [3.05, 3.63) is 12.2 Å². The van der Waals surface area contributed by atoms with E-state index < -0.39 is 0 Å². The van der Waals surface area contributed by atoms with Crippen molar-refractivity contribution in [2.24, 2.45) is 10.9 Å². The molecule has 1 heterocycles. The molecule has 0 bridgehead atoms. The second kappa shape index (κ2) is 4.48. The lowest BCUT2D eigenvalue weighted by Crippen LogP contribution is -2.24. The predicted molar refractivity (Wildman–Crippen MR) is 62.3 cm³/mol. The van der Waals surface area contributed by atoms with Gasteiger partial charge >= 0.3 is 0 Å². The van der Waals surface area contributed by atoms with Crippen LogP contribution in [0.25, 0.3) is 0 Å². The minimum absolute atomic E-state index is 0.264. The summed E-state index contributed by atoms with van der Waals surface area (Å²) in [6, 6.07) is 0.546. The molecule has 0 spiro atoms. The van der Waals surface area contributed by atoms with Crippen molar-refractivity contribution in [3.63, 3.8) is 0 Å². The Morgan fingerprint density at radius 2 is 2.14 bits per heavy atom. The first-order valence-electron chi connectivity index (χ1n) is 5.61. The average molecular weight is 212 g/mol. The molecule has 0 N–H and O–H groups in total. The van der Waals surface area contributed by atoms with E-state index in [0.717, 1.165) is 6.42 Å². The summed E-state index contributed by atoms with van der Waals surface area (Å²) in [6.07, 6.45) is 10.5. The van der Waals surface area contributed by atoms with Crippen LogP contribution in [0, 0.1) is 5.92 Å². The molecular formula is C12H18ClN. The SMILES string of the molecule is CC1=NC(C2C=CC(Cl)CC2)CCC1. The summed E-state index contributed by atoms with van der Waals surface area (Å²) in [4.78, 5) is 4.75. The topological polar surface area (TPSA) is 12.4 Å². The van der Waals surface area contributed by atoms with Gasteiger partial charge in [0.25, 0.3) is 0 Å². The van der Waals surface area contributed by atoms with Crippen LogP contribution in [0.5, 0.6) is 0 Å². The van der Waals surface area contributed by atoms with Crippen molar-refractivity contribution in [2.45, 2.75) is 50.4 Å². The maximum atomic E-state index is 6.03. The first-order valence-corrected chi connectivity index (χ1v) is 6.05. The third-order valence-corrected chi connectivity index (χ3v) is 3.63. The monoisotopic (exact) mass is 211 g/mol. The molecule has 1 aliphatic carbocycles. The van der Waals surface area contributed by atoms with Crippen LogP contribution in [0.2, 0.25) is 0 Å². The van der Waals surface area contributed by atoms with Gasteiger partial charge < -0.3 is 0 Å². The van der Waals surface area contributed by atoms with E-state index in [4.69, 9.17) is 16.6 Å². The van der Waals surface area contributed by atoms with Crippen LogP contribution < -0.4 is 0 Å². The lowest BCUT2D eigenvalue weighted by molar-refractivity contribution is 0.410. The third-order valence-electron chi connectivity index (χ3n) is 3.26. The van der Waals surface area contributed by atoms with Gasteiger partial charge in [-0.15, -0.1) is 11.6 Å². The Kier molecular flexibility index (Phi) is 3.27.